The highest BCUT2D eigenvalue weighted by atomic mass is 35.5. The van der Waals surface area contributed by atoms with Gasteiger partial charge < -0.3 is 15.0 Å². The summed E-state index contributed by atoms with van der Waals surface area (Å²) in [6, 6.07) is 6.16. The average molecular weight is 311 g/mol. The van der Waals surface area contributed by atoms with Crippen LogP contribution in [0.2, 0.25) is 5.02 Å². The fraction of sp³-hybridized carbons (Fsp3) is 0.647. The minimum Gasteiger partial charge on any atom is -0.372 e. The number of nitrogens with zero attached hydrogens (tertiary/aromatic N) is 1. The van der Waals surface area contributed by atoms with Crippen molar-refractivity contribution in [3.05, 3.63) is 28.8 Å². The molecule has 1 aromatic carbocycles. The van der Waals surface area contributed by atoms with E-state index in [2.05, 4.69) is 50.9 Å². The van der Waals surface area contributed by atoms with Crippen molar-refractivity contribution in [2.75, 3.05) is 24.6 Å². The van der Waals surface area contributed by atoms with Crippen LogP contribution in [0, 0.1) is 0 Å². The number of halogens is 1. The summed E-state index contributed by atoms with van der Waals surface area (Å²) in [4.78, 5) is 2.38. The molecule has 1 aliphatic heterocycles. The van der Waals surface area contributed by atoms with E-state index in [0.29, 0.717) is 0 Å². The van der Waals surface area contributed by atoms with Crippen molar-refractivity contribution in [2.45, 2.75) is 52.3 Å². The quantitative estimate of drug-likeness (QED) is 0.918. The first kappa shape index (κ1) is 16.6. The van der Waals surface area contributed by atoms with Gasteiger partial charge in [0.25, 0.3) is 0 Å². The van der Waals surface area contributed by atoms with Gasteiger partial charge in [-0.15, -0.1) is 0 Å². The van der Waals surface area contributed by atoms with Gasteiger partial charge in [0, 0.05) is 41.4 Å². The van der Waals surface area contributed by atoms with Gasteiger partial charge in [0.2, 0.25) is 0 Å². The number of ether oxygens (including phenoxy) is 1. The first-order chi connectivity index (χ1) is 9.68. The third-order valence-electron chi connectivity index (χ3n) is 3.66. The lowest BCUT2D eigenvalue weighted by Crippen LogP contribution is -2.48. The highest BCUT2D eigenvalue weighted by Crippen LogP contribution is 2.31. The van der Waals surface area contributed by atoms with Crippen molar-refractivity contribution in [1.82, 2.24) is 5.32 Å². The van der Waals surface area contributed by atoms with Gasteiger partial charge >= 0.3 is 0 Å². The van der Waals surface area contributed by atoms with Gasteiger partial charge in [-0.3, -0.25) is 0 Å². The van der Waals surface area contributed by atoms with Gasteiger partial charge in [-0.05, 0) is 46.8 Å². The van der Waals surface area contributed by atoms with E-state index in [1.807, 2.05) is 12.1 Å². The molecule has 1 saturated heterocycles. The summed E-state index contributed by atoms with van der Waals surface area (Å²) in [5, 5.41) is 4.36. The predicted octanol–water partition coefficient (Wildman–Crippen LogP) is 3.84. The second kappa shape index (κ2) is 6.15. The van der Waals surface area contributed by atoms with Crippen molar-refractivity contribution >= 4 is 17.3 Å². The lowest BCUT2D eigenvalue weighted by Gasteiger charge is -2.40. The lowest BCUT2D eigenvalue weighted by molar-refractivity contribution is -0.0277. The first-order valence-corrected chi connectivity index (χ1v) is 7.97. The molecular formula is C17H27ClN2O. The molecule has 21 heavy (non-hydrogen) atoms. The molecule has 0 saturated carbocycles. The number of morpholine rings is 1. The first-order valence-electron chi connectivity index (χ1n) is 7.59. The molecule has 0 aliphatic carbocycles. The zero-order chi connectivity index (χ0) is 15.7. The van der Waals surface area contributed by atoms with Crippen LogP contribution in [0.15, 0.2) is 18.2 Å². The number of rotatable bonds is 3. The Balaban J connectivity index is 2.24. The minimum atomic E-state index is -0.116. The van der Waals surface area contributed by atoms with E-state index in [9.17, 15) is 0 Å². The molecule has 0 bridgehead atoms. The van der Waals surface area contributed by atoms with E-state index in [1.54, 1.807) is 0 Å². The van der Waals surface area contributed by atoms with Crippen LogP contribution in [0.3, 0.4) is 0 Å². The topological polar surface area (TPSA) is 24.5 Å². The summed E-state index contributed by atoms with van der Waals surface area (Å²) in [7, 11) is 0. The predicted molar refractivity (Wildman–Crippen MR) is 90.3 cm³/mol. The Bertz CT molecular complexity index is 494. The van der Waals surface area contributed by atoms with E-state index in [0.717, 1.165) is 31.3 Å². The Morgan fingerprint density at radius 1 is 1.33 bits per heavy atom. The van der Waals surface area contributed by atoms with Crippen LogP contribution in [0.5, 0.6) is 0 Å². The zero-order valence-corrected chi connectivity index (χ0v) is 14.5. The molecule has 0 unspecified atom stereocenters. The molecule has 0 amide bonds. The second-order valence-electron chi connectivity index (χ2n) is 7.37. The molecule has 1 aliphatic rings. The van der Waals surface area contributed by atoms with Crippen LogP contribution in [0.25, 0.3) is 0 Å². The number of benzene rings is 1. The maximum Gasteiger partial charge on any atom is 0.0801 e. The van der Waals surface area contributed by atoms with E-state index in [4.69, 9.17) is 16.3 Å². The van der Waals surface area contributed by atoms with E-state index < -0.39 is 0 Å². The molecule has 1 heterocycles. The largest absolute Gasteiger partial charge is 0.372 e. The lowest BCUT2D eigenvalue weighted by atomic mass is 10.0. The Morgan fingerprint density at radius 2 is 2.05 bits per heavy atom. The maximum absolute atomic E-state index is 6.45. The molecule has 4 heteroatoms. The molecule has 0 radical (unpaired) electrons. The molecule has 1 fully saturated rings. The smallest absolute Gasteiger partial charge is 0.0801 e. The van der Waals surface area contributed by atoms with Crippen molar-refractivity contribution in [2.24, 2.45) is 0 Å². The molecule has 2 rings (SSSR count). The van der Waals surface area contributed by atoms with E-state index in [-0.39, 0.29) is 11.1 Å². The van der Waals surface area contributed by atoms with Crippen LogP contribution in [0.4, 0.5) is 5.69 Å². The number of nitrogens with one attached hydrogen (secondary N) is 1. The summed E-state index contributed by atoms with van der Waals surface area (Å²) < 4.78 is 5.81. The van der Waals surface area contributed by atoms with Crippen molar-refractivity contribution in [1.29, 1.82) is 0 Å². The Hall–Kier alpha value is -0.770. The van der Waals surface area contributed by atoms with Gasteiger partial charge in [0.15, 0.2) is 0 Å². The third kappa shape index (κ3) is 4.60. The van der Waals surface area contributed by atoms with E-state index >= 15 is 0 Å². The molecule has 0 aromatic heterocycles. The molecule has 118 valence electrons. The van der Waals surface area contributed by atoms with Crippen molar-refractivity contribution in [3.8, 4) is 0 Å². The normalized spacial score (nSPS) is 18.9. The standard InChI is InChI=1S/C17H27ClN2O/c1-16(2,3)19-11-13-14(18)7-6-8-15(13)20-9-10-21-17(4,5)12-20/h6-8,19H,9-12H2,1-5H3. The maximum atomic E-state index is 6.45. The third-order valence-corrected chi connectivity index (χ3v) is 4.01. The number of hydrogen-bond donors (Lipinski definition) is 1. The Morgan fingerprint density at radius 3 is 2.67 bits per heavy atom. The van der Waals surface area contributed by atoms with Gasteiger partial charge in [0.1, 0.15) is 0 Å². The van der Waals surface area contributed by atoms with Crippen LogP contribution < -0.4 is 10.2 Å². The highest BCUT2D eigenvalue weighted by molar-refractivity contribution is 6.31. The fourth-order valence-corrected chi connectivity index (χ4v) is 2.83. The zero-order valence-electron chi connectivity index (χ0n) is 13.8. The summed E-state index contributed by atoms with van der Waals surface area (Å²) >= 11 is 6.45. The Labute approximate surface area is 133 Å². The average Bonchev–Trinajstić information content (AvgIpc) is 2.34. The van der Waals surface area contributed by atoms with Crippen LogP contribution in [-0.2, 0) is 11.3 Å². The van der Waals surface area contributed by atoms with Gasteiger partial charge in [-0.1, -0.05) is 17.7 Å². The Kier molecular flexibility index (Phi) is 4.86. The summed E-state index contributed by atoms with van der Waals surface area (Å²) in [6.07, 6.45) is 0. The monoisotopic (exact) mass is 310 g/mol. The van der Waals surface area contributed by atoms with Gasteiger partial charge in [-0.25, -0.2) is 0 Å². The number of anilines is 1. The summed E-state index contributed by atoms with van der Waals surface area (Å²) in [6.45, 7) is 14.1. The van der Waals surface area contributed by atoms with Crippen molar-refractivity contribution in [3.63, 3.8) is 0 Å². The molecular weight excluding hydrogens is 284 g/mol. The molecule has 3 nitrogen and oxygen atoms in total. The molecule has 0 atom stereocenters. The molecule has 1 aromatic rings. The van der Waals surface area contributed by atoms with Gasteiger partial charge in [0.05, 0.1) is 12.2 Å². The van der Waals surface area contributed by atoms with Crippen LogP contribution >= 0.6 is 11.6 Å². The summed E-state index contributed by atoms with van der Waals surface area (Å²) in [5.74, 6) is 0. The SMILES string of the molecule is CC(C)(C)NCc1c(Cl)cccc1N1CCOC(C)(C)C1. The van der Waals surface area contributed by atoms with Gasteiger partial charge in [-0.2, -0.15) is 0 Å². The fourth-order valence-electron chi connectivity index (χ4n) is 2.59. The second-order valence-corrected chi connectivity index (χ2v) is 7.78. The molecule has 1 N–H and O–H groups in total. The van der Waals surface area contributed by atoms with Crippen LogP contribution in [0.1, 0.15) is 40.2 Å². The van der Waals surface area contributed by atoms with E-state index in [1.165, 1.54) is 11.3 Å². The van der Waals surface area contributed by atoms with Crippen LogP contribution in [-0.4, -0.2) is 30.8 Å². The minimum absolute atomic E-state index is 0.0702. The number of hydrogen-bond acceptors (Lipinski definition) is 3. The molecule has 0 spiro atoms. The summed E-state index contributed by atoms with van der Waals surface area (Å²) in [5.41, 5.74) is 2.35. The van der Waals surface area contributed by atoms with Crippen molar-refractivity contribution < 1.29 is 4.74 Å². The highest BCUT2D eigenvalue weighted by Gasteiger charge is 2.28.